The maximum absolute atomic E-state index is 13.8. The summed E-state index contributed by atoms with van der Waals surface area (Å²) in [5, 5.41) is 18.6. The second-order valence-corrected chi connectivity index (χ2v) is 12.8. The minimum atomic E-state index is -0.427. The molecule has 5 heterocycles. The summed E-state index contributed by atoms with van der Waals surface area (Å²) in [7, 11) is 2.11. The van der Waals surface area contributed by atoms with Gasteiger partial charge in [0.2, 0.25) is 0 Å². The minimum Gasteiger partial charge on any atom is -0.383 e. The number of nitrogens with one attached hydrogen (secondary N) is 1. The van der Waals surface area contributed by atoms with Gasteiger partial charge in [0.05, 0.1) is 23.5 Å². The largest absolute Gasteiger partial charge is 0.383 e. The van der Waals surface area contributed by atoms with E-state index in [-0.39, 0.29) is 23.4 Å². The Morgan fingerprint density at radius 2 is 1.81 bits per heavy atom. The Bertz CT molecular complexity index is 1830. The minimum absolute atomic E-state index is 0.144. The summed E-state index contributed by atoms with van der Waals surface area (Å²) in [5.74, 6) is 0.312. The number of likely N-dealkylation sites (N-methyl/N-ethyl adjacent to an activating group) is 1. The van der Waals surface area contributed by atoms with Crippen molar-refractivity contribution >= 4 is 34.4 Å². The average molecular weight is 633 g/mol. The zero-order valence-electron chi connectivity index (χ0n) is 27.1. The first kappa shape index (κ1) is 31.8. The number of anilines is 2. The van der Waals surface area contributed by atoms with E-state index in [2.05, 4.69) is 52.0 Å². The number of nitrogens with two attached hydrogens (primary N) is 1. The quantitative estimate of drug-likeness (QED) is 0.219. The van der Waals surface area contributed by atoms with Gasteiger partial charge < -0.3 is 20.9 Å². The Balaban J connectivity index is 1.23. The van der Waals surface area contributed by atoms with Crippen LogP contribution in [0.2, 0.25) is 0 Å². The number of fused-ring (bicyclic) bond motifs is 1. The van der Waals surface area contributed by atoms with Gasteiger partial charge in [0.1, 0.15) is 29.0 Å². The third-order valence-electron chi connectivity index (χ3n) is 9.21. The van der Waals surface area contributed by atoms with E-state index in [9.17, 15) is 14.9 Å². The van der Waals surface area contributed by atoms with Crippen molar-refractivity contribution in [2.24, 2.45) is 0 Å². The van der Waals surface area contributed by atoms with Crippen LogP contribution in [0.5, 0.6) is 0 Å². The lowest BCUT2D eigenvalue weighted by atomic mass is 9.97. The number of rotatable bonds is 8. The third-order valence-corrected chi connectivity index (χ3v) is 9.21. The zero-order chi connectivity index (χ0) is 33.1. The van der Waals surface area contributed by atoms with Crippen molar-refractivity contribution in [1.29, 1.82) is 5.26 Å². The summed E-state index contributed by atoms with van der Waals surface area (Å²) in [6, 6.07) is 16.4. The summed E-state index contributed by atoms with van der Waals surface area (Å²) >= 11 is 0. The third kappa shape index (κ3) is 6.72. The normalized spacial score (nSPS) is 18.0. The van der Waals surface area contributed by atoms with Crippen LogP contribution in [-0.4, -0.2) is 97.6 Å². The second-order valence-electron chi connectivity index (χ2n) is 12.8. The van der Waals surface area contributed by atoms with E-state index in [1.54, 1.807) is 36.7 Å². The number of nitrogens with zero attached hydrogens (tertiary/aromatic N) is 8. The van der Waals surface area contributed by atoms with Gasteiger partial charge in [-0.05, 0) is 70.1 Å². The predicted octanol–water partition coefficient (Wildman–Crippen LogP) is 3.79. The Morgan fingerprint density at radius 1 is 1.04 bits per heavy atom. The van der Waals surface area contributed by atoms with E-state index in [1.165, 1.54) is 0 Å². The van der Waals surface area contributed by atoms with Crippen molar-refractivity contribution in [2.45, 2.75) is 44.8 Å². The first-order chi connectivity index (χ1) is 22.6. The van der Waals surface area contributed by atoms with Gasteiger partial charge in [-0.2, -0.15) is 10.4 Å². The molecule has 0 bridgehead atoms. The Kier molecular flexibility index (Phi) is 9.02. The zero-order valence-corrected chi connectivity index (χ0v) is 27.1. The summed E-state index contributed by atoms with van der Waals surface area (Å²) < 4.78 is 1.88. The van der Waals surface area contributed by atoms with Crippen LogP contribution in [0.3, 0.4) is 0 Å². The van der Waals surface area contributed by atoms with Gasteiger partial charge in [0, 0.05) is 61.8 Å². The molecule has 0 spiro atoms. The number of aromatic nitrogens is 4. The fourth-order valence-corrected chi connectivity index (χ4v) is 6.51. The van der Waals surface area contributed by atoms with Crippen LogP contribution < -0.4 is 11.1 Å². The molecule has 0 aliphatic carbocycles. The number of carbonyl (C=O) groups excluding carboxylic acids is 2. The molecule has 2 amide bonds. The van der Waals surface area contributed by atoms with E-state index in [0.29, 0.717) is 41.4 Å². The standard InChI is InChI=1S/C35H40N10O2/c1-35(2,43-19-17-42(3)18-20-43)21-26(22-36)34(47)44-16-6-7-27(44)23-45-28-13-15-39-32(37)30(28)31(41-45)24-9-11-25(12-10-24)33(46)40-29-8-4-5-14-38-29/h4-5,8-15,21,27H,6-7,16-20,23H2,1-3H3,(H2,37,39)(H,38,40,46)/b26-21+/t27-/m0/s1. The van der Waals surface area contributed by atoms with Crippen LogP contribution in [0.15, 0.2) is 72.6 Å². The van der Waals surface area contributed by atoms with Crippen molar-refractivity contribution in [1.82, 2.24) is 34.4 Å². The van der Waals surface area contributed by atoms with Crippen LogP contribution in [0.4, 0.5) is 11.6 Å². The average Bonchev–Trinajstić information content (AvgIpc) is 3.70. The molecule has 6 rings (SSSR count). The van der Waals surface area contributed by atoms with E-state index < -0.39 is 5.54 Å². The Labute approximate surface area is 274 Å². The van der Waals surface area contributed by atoms with Gasteiger partial charge in [-0.15, -0.1) is 0 Å². The molecule has 0 radical (unpaired) electrons. The molecule has 0 saturated carbocycles. The molecule has 2 fully saturated rings. The number of hydrogen-bond donors (Lipinski definition) is 2. The van der Waals surface area contributed by atoms with Crippen molar-refractivity contribution in [2.75, 3.05) is 50.8 Å². The van der Waals surface area contributed by atoms with Gasteiger partial charge in [0.15, 0.2) is 0 Å². The SMILES string of the molecule is CN1CCN(C(C)(C)/C=C(\C#N)C(=O)N2CCC[C@H]2Cn2nc(-c3ccc(C(=O)Nc4ccccn4)cc3)c3c(N)nccc32)CC1. The first-order valence-electron chi connectivity index (χ1n) is 16.0. The molecule has 4 aromatic rings. The Hall–Kier alpha value is -5.12. The van der Waals surface area contributed by atoms with Crippen molar-refractivity contribution in [3.8, 4) is 17.3 Å². The van der Waals surface area contributed by atoms with Crippen LogP contribution in [0.1, 0.15) is 37.0 Å². The molecule has 3 aromatic heterocycles. The van der Waals surface area contributed by atoms with Gasteiger partial charge in [0.25, 0.3) is 11.8 Å². The van der Waals surface area contributed by atoms with E-state index in [4.69, 9.17) is 10.8 Å². The predicted molar refractivity (Wildman–Crippen MR) is 181 cm³/mol. The number of carbonyl (C=O) groups is 2. The maximum atomic E-state index is 13.8. The number of nitrogen functional groups attached to an aromatic ring is 1. The van der Waals surface area contributed by atoms with E-state index in [0.717, 1.165) is 50.1 Å². The highest BCUT2D eigenvalue weighted by atomic mass is 16.2. The Morgan fingerprint density at radius 3 is 2.51 bits per heavy atom. The molecule has 2 saturated heterocycles. The molecular formula is C35H40N10O2. The summed E-state index contributed by atoms with van der Waals surface area (Å²) in [4.78, 5) is 41.5. The fourth-order valence-electron chi connectivity index (χ4n) is 6.51. The van der Waals surface area contributed by atoms with Crippen molar-refractivity contribution < 1.29 is 9.59 Å². The van der Waals surface area contributed by atoms with Gasteiger partial charge in [-0.1, -0.05) is 18.2 Å². The molecular weight excluding hydrogens is 592 g/mol. The number of benzene rings is 1. The number of nitriles is 1. The summed E-state index contributed by atoms with van der Waals surface area (Å²) in [6.45, 7) is 8.82. The molecule has 2 aliphatic heterocycles. The van der Waals surface area contributed by atoms with E-state index >= 15 is 0 Å². The van der Waals surface area contributed by atoms with Gasteiger partial charge in [-0.25, -0.2) is 9.97 Å². The van der Waals surface area contributed by atoms with Crippen molar-refractivity contribution in [3.63, 3.8) is 0 Å². The number of hydrogen-bond acceptors (Lipinski definition) is 9. The monoisotopic (exact) mass is 632 g/mol. The molecule has 0 unspecified atom stereocenters. The molecule has 12 heteroatoms. The van der Waals surface area contributed by atoms with Gasteiger partial charge in [-0.3, -0.25) is 19.2 Å². The topological polar surface area (TPSA) is 149 Å². The van der Waals surface area contributed by atoms with Crippen LogP contribution in [-0.2, 0) is 11.3 Å². The highest BCUT2D eigenvalue weighted by Gasteiger charge is 2.34. The van der Waals surface area contributed by atoms with E-state index in [1.807, 2.05) is 39.9 Å². The lowest BCUT2D eigenvalue weighted by Crippen LogP contribution is -2.53. The number of piperazine rings is 1. The second kappa shape index (κ2) is 13.3. The van der Waals surface area contributed by atoms with Gasteiger partial charge >= 0.3 is 0 Å². The van der Waals surface area contributed by atoms with Crippen molar-refractivity contribution in [3.05, 3.63) is 78.1 Å². The number of pyridine rings is 2. The number of amides is 2. The highest BCUT2D eigenvalue weighted by Crippen LogP contribution is 2.33. The maximum Gasteiger partial charge on any atom is 0.264 e. The summed E-state index contributed by atoms with van der Waals surface area (Å²) in [6.07, 6.45) is 6.75. The molecule has 242 valence electrons. The smallest absolute Gasteiger partial charge is 0.264 e. The lowest BCUT2D eigenvalue weighted by molar-refractivity contribution is -0.127. The first-order valence-corrected chi connectivity index (χ1v) is 16.0. The summed E-state index contributed by atoms with van der Waals surface area (Å²) in [5.41, 5.74) is 8.84. The number of likely N-dealkylation sites (tertiary alicyclic amines) is 1. The lowest BCUT2D eigenvalue weighted by Gasteiger charge is -2.42. The molecule has 3 N–H and O–H groups in total. The molecule has 2 aliphatic rings. The molecule has 12 nitrogen and oxygen atoms in total. The molecule has 47 heavy (non-hydrogen) atoms. The molecule has 1 atom stereocenters. The van der Waals surface area contributed by atoms with Crippen LogP contribution in [0.25, 0.3) is 22.2 Å². The van der Waals surface area contributed by atoms with Crippen LogP contribution >= 0.6 is 0 Å². The van der Waals surface area contributed by atoms with Crippen LogP contribution in [0, 0.1) is 11.3 Å². The molecule has 1 aromatic carbocycles. The fraction of sp³-hybridized carbons (Fsp3) is 0.371. The highest BCUT2D eigenvalue weighted by molar-refractivity contribution is 6.05.